The van der Waals surface area contributed by atoms with Crippen LogP contribution in [-0.2, 0) is 12.8 Å². The molecule has 1 aromatic carbocycles. The van der Waals surface area contributed by atoms with Gasteiger partial charge in [0.2, 0.25) is 5.78 Å². The number of carbonyl (C=O) groups is 1. The zero-order valence-electron chi connectivity index (χ0n) is 18.3. The fourth-order valence-electron chi connectivity index (χ4n) is 3.97. The first-order valence-corrected chi connectivity index (χ1v) is 11.1. The number of hydrogen-bond acceptors (Lipinski definition) is 5. The van der Waals surface area contributed by atoms with Gasteiger partial charge in [0, 0.05) is 41.8 Å². The van der Waals surface area contributed by atoms with Crippen molar-refractivity contribution in [3.63, 3.8) is 0 Å². The van der Waals surface area contributed by atoms with Crippen LogP contribution >= 0.6 is 0 Å². The Kier molecular flexibility index (Phi) is 5.72. The number of aromatic nitrogens is 3. The van der Waals surface area contributed by atoms with Crippen LogP contribution in [0.4, 0.5) is 5.82 Å². The molecular weight excluding hydrogens is 412 g/mol. The summed E-state index contributed by atoms with van der Waals surface area (Å²) in [6, 6.07) is 21.3. The van der Waals surface area contributed by atoms with Crippen LogP contribution in [0, 0.1) is 0 Å². The van der Waals surface area contributed by atoms with Gasteiger partial charge in [0.1, 0.15) is 11.6 Å². The van der Waals surface area contributed by atoms with Crippen LogP contribution in [0.15, 0.2) is 83.5 Å². The van der Waals surface area contributed by atoms with Crippen molar-refractivity contribution in [2.75, 3.05) is 11.9 Å². The second kappa shape index (κ2) is 9.12. The van der Waals surface area contributed by atoms with Crippen LogP contribution in [0.1, 0.15) is 34.5 Å². The Morgan fingerprint density at radius 3 is 2.64 bits per heavy atom. The Hall–Kier alpha value is -4.19. The second-order valence-corrected chi connectivity index (χ2v) is 7.80. The topological polar surface area (TPSA) is 83.8 Å². The third-order valence-corrected chi connectivity index (χ3v) is 5.68. The summed E-state index contributed by atoms with van der Waals surface area (Å²) in [6.45, 7) is 2.64. The zero-order chi connectivity index (χ0) is 22.6. The largest absolute Gasteiger partial charge is 0.458 e. The summed E-state index contributed by atoms with van der Waals surface area (Å²) in [6.07, 6.45) is 5.00. The number of H-pyrrole nitrogens is 1. The molecule has 0 aliphatic rings. The van der Waals surface area contributed by atoms with E-state index >= 15 is 0 Å². The lowest BCUT2D eigenvalue weighted by Gasteiger charge is -2.08. The van der Waals surface area contributed by atoms with Gasteiger partial charge in [0.25, 0.3) is 0 Å². The van der Waals surface area contributed by atoms with Gasteiger partial charge < -0.3 is 14.7 Å². The van der Waals surface area contributed by atoms with E-state index in [1.165, 1.54) is 0 Å². The molecule has 0 spiro atoms. The molecule has 33 heavy (non-hydrogen) atoms. The van der Waals surface area contributed by atoms with Gasteiger partial charge in [-0.1, -0.05) is 31.2 Å². The van der Waals surface area contributed by atoms with E-state index in [1.807, 2.05) is 73.8 Å². The molecule has 0 atom stereocenters. The number of nitrogens with one attached hydrogen (secondary N) is 2. The second-order valence-electron chi connectivity index (χ2n) is 7.80. The lowest BCUT2D eigenvalue weighted by atomic mass is 10.0. The fourth-order valence-corrected chi connectivity index (χ4v) is 3.97. The Morgan fingerprint density at radius 2 is 1.88 bits per heavy atom. The van der Waals surface area contributed by atoms with Crippen LogP contribution < -0.4 is 5.32 Å². The summed E-state index contributed by atoms with van der Waals surface area (Å²) >= 11 is 0. The van der Waals surface area contributed by atoms with Gasteiger partial charge >= 0.3 is 0 Å². The molecule has 0 aliphatic carbocycles. The molecule has 4 heterocycles. The molecule has 0 fully saturated rings. The van der Waals surface area contributed by atoms with Gasteiger partial charge in [-0.2, -0.15) is 0 Å². The summed E-state index contributed by atoms with van der Waals surface area (Å²) < 4.78 is 5.72. The van der Waals surface area contributed by atoms with E-state index in [-0.39, 0.29) is 5.78 Å². The van der Waals surface area contributed by atoms with E-state index < -0.39 is 0 Å². The highest BCUT2D eigenvalue weighted by atomic mass is 16.3. The van der Waals surface area contributed by atoms with Gasteiger partial charge in [-0.3, -0.25) is 9.78 Å². The van der Waals surface area contributed by atoms with Gasteiger partial charge in [0.05, 0.1) is 11.4 Å². The van der Waals surface area contributed by atoms with Crippen molar-refractivity contribution in [3.05, 3.63) is 102 Å². The molecule has 2 N–H and O–H groups in total. The summed E-state index contributed by atoms with van der Waals surface area (Å²) in [5.74, 6) is 1.82. The summed E-state index contributed by atoms with van der Waals surface area (Å²) in [4.78, 5) is 25.4. The van der Waals surface area contributed by atoms with Crippen molar-refractivity contribution in [1.29, 1.82) is 0 Å². The number of benzene rings is 1. The predicted octanol–water partition coefficient (Wildman–Crippen LogP) is 5.67. The Morgan fingerprint density at radius 1 is 1.00 bits per heavy atom. The molecular formula is C27H24N4O2. The minimum atomic E-state index is -0.126. The third-order valence-electron chi connectivity index (χ3n) is 5.68. The number of fused-ring (bicyclic) bond motifs is 1. The maximum absolute atomic E-state index is 13.2. The van der Waals surface area contributed by atoms with Crippen LogP contribution in [0.25, 0.3) is 22.2 Å². The van der Waals surface area contributed by atoms with Crippen LogP contribution in [0.3, 0.4) is 0 Å². The molecule has 0 unspecified atom stereocenters. The van der Waals surface area contributed by atoms with Crippen LogP contribution in [-0.4, -0.2) is 27.3 Å². The maximum Gasteiger partial charge on any atom is 0.244 e. The van der Waals surface area contributed by atoms with Crippen molar-refractivity contribution in [2.45, 2.75) is 19.8 Å². The average Bonchev–Trinajstić information content (AvgIpc) is 3.50. The molecule has 0 saturated carbocycles. The lowest BCUT2D eigenvalue weighted by molar-refractivity contribution is 0.100. The first kappa shape index (κ1) is 20.7. The van der Waals surface area contributed by atoms with Crippen LogP contribution in [0.2, 0.25) is 0 Å². The molecule has 0 bridgehead atoms. The lowest BCUT2D eigenvalue weighted by Crippen LogP contribution is -2.10. The number of anilines is 1. The molecule has 6 heteroatoms. The first-order valence-electron chi connectivity index (χ1n) is 11.1. The number of rotatable bonds is 8. The Balaban J connectivity index is 1.34. The van der Waals surface area contributed by atoms with Crippen molar-refractivity contribution >= 4 is 22.5 Å². The first-order chi connectivity index (χ1) is 16.2. The van der Waals surface area contributed by atoms with E-state index in [0.717, 1.165) is 45.7 Å². The molecule has 0 amide bonds. The Bertz CT molecular complexity index is 1380. The van der Waals surface area contributed by atoms with Crippen molar-refractivity contribution in [1.82, 2.24) is 15.0 Å². The normalized spacial score (nSPS) is 11.1. The minimum absolute atomic E-state index is 0.126. The van der Waals surface area contributed by atoms with Gasteiger partial charge in [-0.05, 0) is 54.4 Å². The number of ketones is 1. The summed E-state index contributed by atoms with van der Waals surface area (Å²) in [5, 5.41) is 4.41. The average molecular weight is 437 g/mol. The monoisotopic (exact) mass is 436 g/mol. The third kappa shape index (κ3) is 4.28. The number of aryl methyl sites for hydroxylation is 1. The SMILES string of the molecule is CCc1ccc(C(=O)c2[nH]c3ccccc3c2CCNc2ccc(-c3ccccn3)cn2)o1. The highest BCUT2D eigenvalue weighted by Crippen LogP contribution is 2.26. The standard InChI is InChI=1S/C27H24N4O2/c1-2-19-11-12-24(33-19)27(32)26-21(20-7-3-4-9-23(20)31-26)14-16-29-25-13-10-18(17-30-25)22-8-5-6-15-28-22/h3-13,15,17,31H,2,14,16H2,1H3,(H,29,30). The van der Waals surface area contributed by atoms with E-state index in [4.69, 9.17) is 4.42 Å². The minimum Gasteiger partial charge on any atom is -0.458 e. The van der Waals surface area contributed by atoms with E-state index in [9.17, 15) is 4.79 Å². The summed E-state index contributed by atoms with van der Waals surface area (Å²) in [5.41, 5.74) is 4.35. The molecule has 164 valence electrons. The molecule has 0 saturated heterocycles. The number of carbonyl (C=O) groups excluding carboxylic acids is 1. The number of para-hydroxylation sites is 1. The molecule has 4 aromatic heterocycles. The van der Waals surface area contributed by atoms with Crippen molar-refractivity contribution < 1.29 is 9.21 Å². The summed E-state index contributed by atoms with van der Waals surface area (Å²) in [7, 11) is 0. The molecule has 6 nitrogen and oxygen atoms in total. The number of aromatic amines is 1. The van der Waals surface area contributed by atoms with E-state index in [1.54, 1.807) is 12.3 Å². The highest BCUT2D eigenvalue weighted by Gasteiger charge is 2.21. The molecule has 5 aromatic rings. The predicted molar refractivity (Wildman–Crippen MR) is 129 cm³/mol. The highest BCUT2D eigenvalue weighted by molar-refractivity contribution is 6.10. The van der Waals surface area contributed by atoms with Crippen molar-refractivity contribution in [2.24, 2.45) is 0 Å². The number of hydrogen-bond donors (Lipinski definition) is 2. The smallest absolute Gasteiger partial charge is 0.244 e. The van der Waals surface area contributed by atoms with E-state index in [0.29, 0.717) is 24.4 Å². The molecule has 0 radical (unpaired) electrons. The number of furan rings is 1. The molecule has 5 rings (SSSR count). The van der Waals surface area contributed by atoms with Gasteiger partial charge in [-0.25, -0.2) is 4.98 Å². The zero-order valence-corrected chi connectivity index (χ0v) is 18.3. The van der Waals surface area contributed by atoms with Crippen LogP contribution in [0.5, 0.6) is 0 Å². The quantitative estimate of drug-likeness (QED) is 0.306. The fraction of sp³-hybridized carbons (Fsp3) is 0.148. The maximum atomic E-state index is 13.2. The van der Waals surface area contributed by atoms with Gasteiger partial charge in [-0.15, -0.1) is 0 Å². The van der Waals surface area contributed by atoms with Crippen molar-refractivity contribution in [3.8, 4) is 11.3 Å². The molecule has 0 aliphatic heterocycles. The van der Waals surface area contributed by atoms with Gasteiger partial charge in [0.15, 0.2) is 5.76 Å². The van der Waals surface area contributed by atoms with E-state index in [2.05, 4.69) is 20.3 Å². The number of nitrogens with zero attached hydrogens (tertiary/aromatic N) is 2. The Labute approximate surface area is 191 Å². The number of pyridine rings is 2.